The minimum absolute atomic E-state index is 0.164. The van der Waals surface area contributed by atoms with Crippen LogP contribution in [0.2, 0.25) is 0 Å². The van der Waals surface area contributed by atoms with Crippen molar-refractivity contribution in [3.8, 4) is 11.5 Å². The molecule has 0 radical (unpaired) electrons. The molecule has 4 heteroatoms. The number of hydrogen-bond donors (Lipinski definition) is 1. The number of methoxy groups -OCH3 is 1. The van der Waals surface area contributed by atoms with Crippen molar-refractivity contribution in [2.24, 2.45) is 0 Å². The molecule has 1 aliphatic carbocycles. The van der Waals surface area contributed by atoms with Gasteiger partial charge >= 0.3 is 0 Å². The van der Waals surface area contributed by atoms with E-state index in [4.69, 9.17) is 9.47 Å². The molecule has 1 saturated carbocycles. The van der Waals surface area contributed by atoms with Crippen molar-refractivity contribution in [1.29, 1.82) is 0 Å². The third kappa shape index (κ3) is 3.16. The molecule has 1 N–H and O–H groups in total. The van der Waals surface area contributed by atoms with E-state index in [0.717, 1.165) is 18.6 Å². The number of halogens is 1. The Morgan fingerprint density at radius 1 is 1.14 bits per heavy atom. The maximum Gasteiger partial charge on any atom is 0.165 e. The van der Waals surface area contributed by atoms with Crippen molar-refractivity contribution >= 4 is 0 Å². The molecule has 1 atom stereocenters. The van der Waals surface area contributed by atoms with Gasteiger partial charge in [-0.2, -0.15) is 0 Å². The number of hydrogen-bond acceptors (Lipinski definition) is 3. The normalized spacial score (nSPS) is 15.6. The third-order valence-corrected chi connectivity index (χ3v) is 3.49. The summed E-state index contributed by atoms with van der Waals surface area (Å²) in [5, 5.41) is 10.4. The second kappa shape index (κ2) is 5.74. The van der Waals surface area contributed by atoms with Crippen molar-refractivity contribution in [3.05, 3.63) is 59.4 Å². The Morgan fingerprint density at radius 3 is 2.57 bits per heavy atom. The lowest BCUT2D eigenvalue weighted by molar-refractivity contribution is 0.218. The van der Waals surface area contributed by atoms with Crippen LogP contribution in [0.1, 0.15) is 30.1 Å². The highest BCUT2D eigenvalue weighted by molar-refractivity contribution is 5.38. The van der Waals surface area contributed by atoms with Gasteiger partial charge in [-0.1, -0.05) is 18.2 Å². The van der Waals surface area contributed by atoms with Crippen LogP contribution in [0.4, 0.5) is 4.39 Å². The van der Waals surface area contributed by atoms with Crippen LogP contribution >= 0.6 is 0 Å². The molecule has 21 heavy (non-hydrogen) atoms. The van der Waals surface area contributed by atoms with Crippen LogP contribution in [0, 0.1) is 5.82 Å². The first-order valence-corrected chi connectivity index (χ1v) is 6.95. The number of aliphatic hydroxyl groups is 1. The minimum Gasteiger partial charge on any atom is -0.494 e. The maximum absolute atomic E-state index is 13.7. The van der Waals surface area contributed by atoms with Crippen molar-refractivity contribution in [3.63, 3.8) is 0 Å². The quantitative estimate of drug-likeness (QED) is 0.915. The van der Waals surface area contributed by atoms with E-state index in [1.165, 1.54) is 19.2 Å². The third-order valence-electron chi connectivity index (χ3n) is 3.49. The van der Waals surface area contributed by atoms with E-state index in [-0.39, 0.29) is 5.75 Å². The smallest absolute Gasteiger partial charge is 0.165 e. The van der Waals surface area contributed by atoms with E-state index < -0.39 is 11.9 Å². The molecule has 0 aromatic heterocycles. The highest BCUT2D eigenvalue weighted by Gasteiger charge is 2.23. The molecule has 2 aromatic carbocycles. The maximum atomic E-state index is 13.7. The zero-order chi connectivity index (χ0) is 14.8. The van der Waals surface area contributed by atoms with E-state index in [1.54, 1.807) is 18.2 Å². The van der Waals surface area contributed by atoms with Gasteiger partial charge in [0.05, 0.1) is 13.2 Å². The molecule has 3 nitrogen and oxygen atoms in total. The Morgan fingerprint density at radius 2 is 1.90 bits per heavy atom. The monoisotopic (exact) mass is 288 g/mol. The van der Waals surface area contributed by atoms with Gasteiger partial charge in [-0.15, -0.1) is 0 Å². The summed E-state index contributed by atoms with van der Waals surface area (Å²) in [7, 11) is 1.41. The highest BCUT2D eigenvalue weighted by Crippen LogP contribution is 2.31. The van der Waals surface area contributed by atoms with Crippen LogP contribution in [0.3, 0.4) is 0 Å². The predicted molar refractivity (Wildman–Crippen MR) is 77.1 cm³/mol. The molecule has 1 fully saturated rings. The zero-order valence-electron chi connectivity index (χ0n) is 11.8. The Labute approximate surface area is 122 Å². The van der Waals surface area contributed by atoms with Crippen LogP contribution < -0.4 is 9.47 Å². The summed E-state index contributed by atoms with van der Waals surface area (Å²) < 4.78 is 24.3. The van der Waals surface area contributed by atoms with E-state index in [0.29, 0.717) is 17.2 Å². The van der Waals surface area contributed by atoms with E-state index in [2.05, 4.69) is 0 Å². The molecular formula is C17H17FO3. The minimum atomic E-state index is -0.895. The first-order chi connectivity index (χ1) is 10.2. The van der Waals surface area contributed by atoms with E-state index in [9.17, 15) is 9.50 Å². The van der Waals surface area contributed by atoms with Gasteiger partial charge in [0.2, 0.25) is 0 Å². The van der Waals surface area contributed by atoms with Gasteiger partial charge in [0.1, 0.15) is 11.9 Å². The molecule has 0 aliphatic heterocycles. The Kier molecular flexibility index (Phi) is 3.80. The molecule has 2 aromatic rings. The lowest BCUT2D eigenvalue weighted by Crippen LogP contribution is -2.02. The molecule has 0 bridgehead atoms. The Bertz CT molecular complexity index is 638. The number of aliphatic hydroxyl groups excluding tert-OH is 1. The summed E-state index contributed by atoms with van der Waals surface area (Å²) in [4.78, 5) is 0. The topological polar surface area (TPSA) is 38.7 Å². The molecular weight excluding hydrogens is 271 g/mol. The Hall–Kier alpha value is -2.07. The first-order valence-electron chi connectivity index (χ1n) is 6.95. The predicted octanol–water partition coefficient (Wildman–Crippen LogP) is 3.46. The molecule has 1 unspecified atom stereocenters. The molecule has 110 valence electrons. The fourth-order valence-corrected chi connectivity index (χ4v) is 2.18. The fourth-order valence-electron chi connectivity index (χ4n) is 2.18. The second-order valence-electron chi connectivity index (χ2n) is 5.19. The molecule has 0 spiro atoms. The van der Waals surface area contributed by atoms with E-state index in [1.807, 2.05) is 12.1 Å². The van der Waals surface area contributed by atoms with Crippen molar-refractivity contribution in [2.45, 2.75) is 25.0 Å². The lowest BCUT2D eigenvalue weighted by Gasteiger charge is -2.14. The van der Waals surface area contributed by atoms with Crippen molar-refractivity contribution in [2.75, 3.05) is 7.11 Å². The lowest BCUT2D eigenvalue weighted by atomic mass is 10.0. The van der Waals surface area contributed by atoms with Crippen LogP contribution in [0.15, 0.2) is 42.5 Å². The zero-order valence-corrected chi connectivity index (χ0v) is 11.8. The molecule has 1 aliphatic rings. The van der Waals surface area contributed by atoms with Gasteiger partial charge in [-0.05, 0) is 48.2 Å². The summed E-state index contributed by atoms with van der Waals surface area (Å²) in [6, 6.07) is 11.7. The summed E-state index contributed by atoms with van der Waals surface area (Å²) in [5.41, 5.74) is 1.16. The van der Waals surface area contributed by atoms with Gasteiger partial charge in [-0.3, -0.25) is 0 Å². The van der Waals surface area contributed by atoms with Gasteiger partial charge < -0.3 is 14.6 Å². The second-order valence-corrected chi connectivity index (χ2v) is 5.19. The number of rotatable bonds is 5. The standard InChI is InChI=1S/C17H17FO3/c1-20-16-8-5-12(10-15(16)18)17(19)11-3-2-4-14(9-11)21-13-6-7-13/h2-5,8-10,13,17,19H,6-7H2,1H3. The average molecular weight is 288 g/mol. The summed E-state index contributed by atoms with van der Waals surface area (Å²) in [6.07, 6.45) is 1.57. The summed E-state index contributed by atoms with van der Waals surface area (Å²) >= 11 is 0. The molecule has 0 amide bonds. The largest absolute Gasteiger partial charge is 0.494 e. The molecule has 0 saturated heterocycles. The summed E-state index contributed by atoms with van der Waals surface area (Å²) in [6.45, 7) is 0. The van der Waals surface area contributed by atoms with Gasteiger partial charge in [-0.25, -0.2) is 4.39 Å². The molecule has 0 heterocycles. The highest BCUT2D eigenvalue weighted by atomic mass is 19.1. The summed E-state index contributed by atoms with van der Waals surface area (Å²) in [5.74, 6) is 0.416. The van der Waals surface area contributed by atoms with Crippen molar-refractivity contribution in [1.82, 2.24) is 0 Å². The first kappa shape index (κ1) is 13.9. The van der Waals surface area contributed by atoms with Crippen LogP contribution in [-0.2, 0) is 0 Å². The van der Waals surface area contributed by atoms with Gasteiger partial charge in [0.25, 0.3) is 0 Å². The number of benzene rings is 2. The van der Waals surface area contributed by atoms with Gasteiger partial charge in [0.15, 0.2) is 11.6 Å². The van der Waals surface area contributed by atoms with Gasteiger partial charge in [0, 0.05) is 0 Å². The van der Waals surface area contributed by atoms with E-state index >= 15 is 0 Å². The number of ether oxygens (including phenoxy) is 2. The van der Waals surface area contributed by atoms with Crippen LogP contribution in [0.5, 0.6) is 11.5 Å². The van der Waals surface area contributed by atoms with Crippen LogP contribution in [0.25, 0.3) is 0 Å². The fraction of sp³-hybridized carbons (Fsp3) is 0.294. The molecule has 3 rings (SSSR count). The SMILES string of the molecule is COc1ccc(C(O)c2cccc(OC3CC3)c2)cc1F. The van der Waals surface area contributed by atoms with Crippen molar-refractivity contribution < 1.29 is 19.0 Å². The average Bonchev–Trinajstić information content (AvgIpc) is 3.30. The van der Waals surface area contributed by atoms with Crippen LogP contribution in [-0.4, -0.2) is 18.3 Å². The Balaban J connectivity index is 1.83.